The molecular weight excluding hydrogens is 453 g/mol. The van der Waals surface area contributed by atoms with E-state index in [1.54, 1.807) is 13.0 Å². The maximum atomic E-state index is 17.2. The minimum atomic E-state index is -1.99. The van der Waals surface area contributed by atoms with Gasteiger partial charge in [0.05, 0.1) is 12.6 Å². The van der Waals surface area contributed by atoms with Crippen molar-refractivity contribution >= 4 is 11.7 Å². The molecule has 0 aliphatic heterocycles. The van der Waals surface area contributed by atoms with Crippen molar-refractivity contribution in [3.05, 3.63) is 23.8 Å². The van der Waals surface area contributed by atoms with Crippen LogP contribution >= 0.6 is 0 Å². The Balaban J connectivity index is 1.65. The number of aliphatic hydroxyl groups excluding tert-OH is 1. The highest BCUT2D eigenvalue weighted by atomic mass is 19.1. The molecule has 0 saturated heterocycles. The van der Waals surface area contributed by atoms with Crippen molar-refractivity contribution in [2.45, 2.75) is 84.0 Å². The van der Waals surface area contributed by atoms with Gasteiger partial charge in [-0.2, -0.15) is 0 Å². The summed E-state index contributed by atoms with van der Waals surface area (Å²) >= 11 is 0. The second-order valence-electron chi connectivity index (χ2n) is 11.2. The van der Waals surface area contributed by atoms with Crippen molar-refractivity contribution in [3.63, 3.8) is 0 Å². The molecule has 7 nitrogen and oxygen atoms in total. The molecular formula is C27H40FNO6. The van der Waals surface area contributed by atoms with Crippen LogP contribution < -0.4 is 5.32 Å². The first-order valence-electron chi connectivity index (χ1n) is 12.9. The summed E-state index contributed by atoms with van der Waals surface area (Å²) in [5.41, 5.74) is -5.18. The first kappa shape index (κ1) is 26.5. The van der Waals surface area contributed by atoms with Gasteiger partial charge in [-0.15, -0.1) is 0 Å². The lowest BCUT2D eigenvalue weighted by molar-refractivity contribution is -0.220. The lowest BCUT2D eigenvalue weighted by Crippen LogP contribution is -2.70. The molecule has 8 atom stereocenters. The zero-order chi connectivity index (χ0) is 25.8. The van der Waals surface area contributed by atoms with Crippen molar-refractivity contribution in [3.8, 4) is 0 Å². The summed E-state index contributed by atoms with van der Waals surface area (Å²) in [6.07, 6.45) is 3.91. The Morgan fingerprint density at radius 1 is 1.26 bits per heavy atom. The van der Waals surface area contributed by atoms with Gasteiger partial charge in [0.1, 0.15) is 0 Å². The average Bonchev–Trinajstić information content (AvgIpc) is 3.00. The van der Waals surface area contributed by atoms with Crippen LogP contribution in [-0.4, -0.2) is 65.3 Å². The van der Waals surface area contributed by atoms with E-state index in [2.05, 4.69) is 5.32 Å². The third-order valence-corrected chi connectivity index (χ3v) is 9.70. The minimum absolute atomic E-state index is 0.0517. The maximum absolute atomic E-state index is 17.2. The Morgan fingerprint density at radius 3 is 2.54 bits per heavy atom. The van der Waals surface area contributed by atoms with Crippen molar-refractivity contribution in [1.29, 1.82) is 0 Å². The molecule has 0 spiro atoms. The van der Waals surface area contributed by atoms with E-state index in [9.17, 15) is 19.8 Å². The molecule has 4 rings (SSSR count). The Bertz CT molecular complexity index is 931. The number of aliphatic hydroxyl groups is 2. The number of halogens is 1. The van der Waals surface area contributed by atoms with Gasteiger partial charge in [-0.3, -0.25) is 9.59 Å². The number of fused-ring (bicyclic) bond motifs is 5. The van der Waals surface area contributed by atoms with Crippen LogP contribution in [0.4, 0.5) is 4.39 Å². The minimum Gasteiger partial charge on any atom is -0.390 e. The summed E-state index contributed by atoms with van der Waals surface area (Å²) in [6.45, 7) is 10.0. The molecule has 0 bridgehead atoms. The summed E-state index contributed by atoms with van der Waals surface area (Å²) in [7, 11) is 0. The topological polar surface area (TPSA) is 105 Å². The third kappa shape index (κ3) is 3.58. The Morgan fingerprint density at radius 2 is 1.91 bits per heavy atom. The van der Waals surface area contributed by atoms with E-state index in [4.69, 9.17) is 9.47 Å². The molecule has 4 aliphatic rings. The Hall–Kier alpha value is -1.61. The normalized spacial score (nSPS) is 44.5. The van der Waals surface area contributed by atoms with Crippen LogP contribution in [0.1, 0.15) is 60.3 Å². The van der Waals surface area contributed by atoms with Crippen LogP contribution in [0, 0.1) is 28.6 Å². The number of carbonyl (C=O) groups is 2. The zero-order valence-electron chi connectivity index (χ0n) is 21.5. The Kier molecular flexibility index (Phi) is 6.84. The second-order valence-corrected chi connectivity index (χ2v) is 11.2. The molecule has 0 radical (unpaired) electrons. The number of ether oxygens (including phenoxy) is 2. The summed E-state index contributed by atoms with van der Waals surface area (Å²) in [5, 5.41) is 26.2. The lowest BCUT2D eigenvalue weighted by Gasteiger charge is -2.62. The molecule has 8 unspecified atom stereocenters. The van der Waals surface area contributed by atoms with Gasteiger partial charge in [-0.25, -0.2) is 4.39 Å². The number of hydrogen-bond acceptors (Lipinski definition) is 6. The number of amides is 1. The number of ketones is 1. The van der Waals surface area contributed by atoms with E-state index in [-0.39, 0.29) is 24.7 Å². The summed E-state index contributed by atoms with van der Waals surface area (Å²) in [5.74, 6) is -1.99. The molecule has 0 aromatic carbocycles. The summed E-state index contributed by atoms with van der Waals surface area (Å²) in [4.78, 5) is 25.5. The highest BCUT2D eigenvalue weighted by Crippen LogP contribution is 2.70. The standard InChI is InChI=1S/C27H40FNO6/c1-6-34-22(35-7-2)15-29-23(32)27(33)16(3)12-20-19-9-8-17-13-18(30)10-11-24(17,4)26(19,28)21(31)14-25(20,27)5/h10-11,13,16,19-22,31,33H,6-9,12,14-15H2,1-5H3,(H,29,32). The van der Waals surface area contributed by atoms with E-state index in [0.29, 0.717) is 38.0 Å². The largest absolute Gasteiger partial charge is 0.390 e. The van der Waals surface area contributed by atoms with E-state index >= 15 is 4.39 Å². The molecule has 3 N–H and O–H groups in total. The van der Waals surface area contributed by atoms with Crippen LogP contribution in [0.25, 0.3) is 0 Å². The van der Waals surface area contributed by atoms with Gasteiger partial charge in [-0.1, -0.05) is 25.5 Å². The third-order valence-electron chi connectivity index (χ3n) is 9.70. The van der Waals surface area contributed by atoms with Crippen LogP contribution in [0.15, 0.2) is 23.8 Å². The maximum Gasteiger partial charge on any atom is 0.253 e. The smallest absolute Gasteiger partial charge is 0.253 e. The molecule has 8 heteroatoms. The first-order valence-corrected chi connectivity index (χ1v) is 12.9. The average molecular weight is 494 g/mol. The van der Waals surface area contributed by atoms with Gasteiger partial charge in [0.2, 0.25) is 0 Å². The van der Waals surface area contributed by atoms with Gasteiger partial charge < -0.3 is 25.0 Å². The molecule has 0 aromatic heterocycles. The van der Waals surface area contributed by atoms with Crippen molar-refractivity contribution in [2.24, 2.45) is 28.6 Å². The van der Waals surface area contributed by atoms with Crippen molar-refractivity contribution < 1.29 is 33.7 Å². The summed E-state index contributed by atoms with van der Waals surface area (Å²) in [6, 6.07) is 0. The van der Waals surface area contributed by atoms with Gasteiger partial charge >= 0.3 is 0 Å². The molecule has 0 aromatic rings. The number of hydrogen-bond donors (Lipinski definition) is 3. The molecule has 0 heterocycles. The number of alkyl halides is 1. The van der Waals surface area contributed by atoms with E-state index in [1.807, 2.05) is 27.7 Å². The highest BCUT2D eigenvalue weighted by molar-refractivity contribution is 6.01. The Labute approximate surface area is 207 Å². The van der Waals surface area contributed by atoms with Crippen LogP contribution in [-0.2, 0) is 19.1 Å². The SMILES string of the molecule is CCOC(CNC(=O)C1(O)C(C)CC2C3CCC4=CC(=O)C=CC4(C)C3(F)C(O)CC21C)OCC. The fourth-order valence-electron chi connectivity index (χ4n) is 7.88. The first-order chi connectivity index (χ1) is 16.4. The van der Waals surface area contributed by atoms with Gasteiger partial charge in [0.25, 0.3) is 5.91 Å². The number of carbonyl (C=O) groups excluding carboxylic acids is 2. The monoisotopic (exact) mass is 493 g/mol. The molecule has 196 valence electrons. The zero-order valence-corrected chi connectivity index (χ0v) is 21.5. The molecule has 3 saturated carbocycles. The van der Waals surface area contributed by atoms with E-state index in [0.717, 1.165) is 0 Å². The lowest BCUT2D eigenvalue weighted by atomic mass is 9.44. The van der Waals surface area contributed by atoms with Crippen LogP contribution in [0.5, 0.6) is 0 Å². The van der Waals surface area contributed by atoms with Crippen molar-refractivity contribution in [2.75, 3.05) is 19.8 Å². The molecule has 1 amide bonds. The molecule has 4 aliphatic carbocycles. The van der Waals surface area contributed by atoms with Gasteiger partial charge in [0.15, 0.2) is 23.3 Å². The highest BCUT2D eigenvalue weighted by Gasteiger charge is 2.75. The van der Waals surface area contributed by atoms with Crippen LogP contribution in [0.3, 0.4) is 0 Å². The van der Waals surface area contributed by atoms with E-state index < -0.39 is 52.2 Å². The van der Waals surface area contributed by atoms with E-state index in [1.165, 1.54) is 12.2 Å². The van der Waals surface area contributed by atoms with Crippen LogP contribution in [0.2, 0.25) is 0 Å². The number of rotatable bonds is 7. The fourth-order valence-corrected chi connectivity index (χ4v) is 7.88. The predicted octanol–water partition coefficient (Wildman–Crippen LogP) is 2.85. The van der Waals surface area contributed by atoms with Gasteiger partial charge in [-0.05, 0) is 70.4 Å². The number of allylic oxidation sites excluding steroid dienone is 4. The second kappa shape index (κ2) is 9.05. The quantitative estimate of drug-likeness (QED) is 0.471. The van der Waals surface area contributed by atoms with Crippen molar-refractivity contribution in [1.82, 2.24) is 5.32 Å². The molecule has 35 heavy (non-hydrogen) atoms. The fraction of sp³-hybridized carbons (Fsp3) is 0.778. The molecule has 3 fully saturated rings. The van der Waals surface area contributed by atoms with Gasteiger partial charge in [0, 0.05) is 30.0 Å². The summed E-state index contributed by atoms with van der Waals surface area (Å²) < 4.78 is 28.2. The predicted molar refractivity (Wildman–Crippen MR) is 128 cm³/mol. The number of nitrogens with one attached hydrogen (secondary N) is 1.